The largest absolute Gasteiger partial charge is 0.497 e. The number of benzene rings is 4. The summed E-state index contributed by atoms with van der Waals surface area (Å²) < 4.78 is 21.7. The number of nitrogens with zero attached hydrogens (tertiary/aromatic N) is 3. The van der Waals surface area contributed by atoms with Gasteiger partial charge in [0.25, 0.3) is 11.6 Å². The van der Waals surface area contributed by atoms with Crippen molar-refractivity contribution in [3.05, 3.63) is 146 Å². The molecule has 4 aromatic rings. The Hall–Kier alpha value is -6.61. The van der Waals surface area contributed by atoms with Crippen LogP contribution in [0.4, 0.5) is 17.1 Å². The van der Waals surface area contributed by atoms with Crippen LogP contribution in [-0.4, -0.2) is 69.3 Å². The second-order valence-corrected chi connectivity index (χ2v) is 15.0. The van der Waals surface area contributed by atoms with Gasteiger partial charge in [0.1, 0.15) is 5.75 Å². The van der Waals surface area contributed by atoms with Gasteiger partial charge in [-0.2, -0.15) is 0 Å². The number of carbonyl (C=O) groups is 4. The van der Waals surface area contributed by atoms with Crippen LogP contribution in [0.1, 0.15) is 48.6 Å². The summed E-state index contributed by atoms with van der Waals surface area (Å²) in [6.45, 7) is 5.02. The van der Waals surface area contributed by atoms with Crippen LogP contribution in [0.3, 0.4) is 0 Å². The predicted molar refractivity (Wildman–Crippen MR) is 222 cm³/mol. The van der Waals surface area contributed by atoms with Gasteiger partial charge in [-0.3, -0.25) is 19.7 Å². The number of non-ortho nitro benzene ring substituents is 1. The van der Waals surface area contributed by atoms with Gasteiger partial charge >= 0.3 is 17.9 Å². The van der Waals surface area contributed by atoms with Crippen molar-refractivity contribution in [1.82, 2.24) is 5.32 Å². The third-order valence-corrected chi connectivity index (χ3v) is 11.4. The van der Waals surface area contributed by atoms with Gasteiger partial charge in [0, 0.05) is 48.1 Å². The highest BCUT2D eigenvalue weighted by molar-refractivity contribution is 7.99. The zero-order valence-electron chi connectivity index (χ0n) is 33.4. The number of nitro benzene ring substituents is 1. The quantitative estimate of drug-likeness (QED) is 0.0635. The predicted octanol–water partition coefficient (Wildman–Crippen LogP) is 7.00. The van der Waals surface area contributed by atoms with E-state index in [1.54, 1.807) is 31.9 Å². The number of ether oxygens (including phenoxy) is 4. The van der Waals surface area contributed by atoms with E-state index in [-0.39, 0.29) is 42.4 Å². The number of dihydropyridines is 1. The third-order valence-electron chi connectivity index (χ3n) is 10.0. The second-order valence-electron chi connectivity index (χ2n) is 13.8. The van der Waals surface area contributed by atoms with Crippen LogP contribution in [0.5, 0.6) is 5.75 Å². The summed E-state index contributed by atoms with van der Waals surface area (Å²) in [5, 5.41) is 14.5. The smallest absolute Gasteiger partial charge is 0.336 e. The molecule has 1 unspecified atom stereocenters. The average molecular weight is 821 g/mol. The van der Waals surface area contributed by atoms with Crippen molar-refractivity contribution in [2.75, 3.05) is 44.2 Å². The summed E-state index contributed by atoms with van der Waals surface area (Å²) in [5.74, 6) is -2.69. The number of likely N-dealkylation sites (N-methyl/N-ethyl adjacent to an activating group) is 1. The van der Waals surface area contributed by atoms with Gasteiger partial charge in [0.05, 0.1) is 66.8 Å². The Bertz CT molecular complexity index is 2330. The van der Waals surface area contributed by atoms with E-state index in [1.165, 1.54) is 44.0 Å². The number of hydrogen-bond acceptors (Lipinski definition) is 13. The lowest BCUT2D eigenvalue weighted by atomic mass is 9.80. The second kappa shape index (κ2) is 18.3. The number of methoxy groups -OCH3 is 2. The Kier molecular flexibility index (Phi) is 13.0. The normalized spacial score (nSPS) is 17.6. The number of hydrogen-bond donors (Lipinski definition) is 1. The molecule has 306 valence electrons. The molecule has 2 aliphatic rings. The van der Waals surface area contributed by atoms with Crippen LogP contribution in [-0.2, 0) is 39.9 Å². The number of para-hydroxylation sites is 1. The van der Waals surface area contributed by atoms with Crippen LogP contribution in [0.25, 0.3) is 0 Å². The Balaban J connectivity index is 1.31. The molecule has 0 spiro atoms. The van der Waals surface area contributed by atoms with Crippen molar-refractivity contribution in [3.8, 4) is 5.75 Å². The number of rotatable bonds is 13. The lowest BCUT2D eigenvalue weighted by Crippen LogP contribution is -2.42. The fourth-order valence-corrected chi connectivity index (χ4v) is 8.56. The fourth-order valence-electron chi connectivity index (χ4n) is 7.24. The van der Waals surface area contributed by atoms with Crippen molar-refractivity contribution in [3.63, 3.8) is 0 Å². The lowest BCUT2D eigenvalue weighted by molar-refractivity contribution is -0.384. The summed E-state index contributed by atoms with van der Waals surface area (Å²) >= 11 is 1.45. The van der Waals surface area contributed by atoms with E-state index >= 15 is 0 Å². The highest BCUT2D eigenvalue weighted by Crippen LogP contribution is 2.47. The Morgan fingerprint density at radius 2 is 1.63 bits per heavy atom. The number of amides is 1. The van der Waals surface area contributed by atoms with Crippen LogP contribution < -0.4 is 19.9 Å². The van der Waals surface area contributed by atoms with E-state index in [9.17, 15) is 29.3 Å². The molecule has 0 radical (unpaired) electrons. The number of nitro groups is 1. The van der Waals surface area contributed by atoms with E-state index in [0.717, 1.165) is 21.7 Å². The first-order valence-corrected chi connectivity index (χ1v) is 19.6. The van der Waals surface area contributed by atoms with Crippen LogP contribution >= 0.6 is 11.8 Å². The van der Waals surface area contributed by atoms with Crippen molar-refractivity contribution in [1.29, 1.82) is 0 Å². The summed E-state index contributed by atoms with van der Waals surface area (Å²) in [7, 11) is 4.64. The van der Waals surface area contributed by atoms with E-state index in [2.05, 4.69) is 5.32 Å². The Morgan fingerprint density at radius 3 is 2.27 bits per heavy atom. The monoisotopic (exact) mass is 820 g/mol. The van der Waals surface area contributed by atoms with Crippen LogP contribution in [0, 0.1) is 10.1 Å². The van der Waals surface area contributed by atoms with Crippen molar-refractivity contribution in [2.24, 2.45) is 0 Å². The number of allylic oxidation sites excluding steroid dienone is 1. The van der Waals surface area contributed by atoms with Crippen molar-refractivity contribution in [2.45, 2.75) is 49.5 Å². The maximum Gasteiger partial charge on any atom is 0.336 e. The molecule has 3 atom stereocenters. The number of esters is 3. The molecule has 6 rings (SSSR count). The van der Waals surface area contributed by atoms with Gasteiger partial charge in [-0.25, -0.2) is 9.59 Å². The number of nitrogens with one attached hydrogen (secondary N) is 1. The molecule has 0 fully saturated rings. The van der Waals surface area contributed by atoms with E-state index in [4.69, 9.17) is 18.9 Å². The molecule has 0 bridgehead atoms. The van der Waals surface area contributed by atoms with Crippen LogP contribution in [0.2, 0.25) is 0 Å². The Morgan fingerprint density at radius 1 is 0.915 bits per heavy atom. The first kappa shape index (κ1) is 42.0. The number of carbonyl (C=O) groups excluding carboxylic acids is 4. The summed E-state index contributed by atoms with van der Waals surface area (Å²) in [6, 6.07) is 28.3. The topological polar surface area (TPSA) is 167 Å². The Labute approximate surface area is 345 Å². The van der Waals surface area contributed by atoms with Gasteiger partial charge in [-0.05, 0) is 66.9 Å². The molecule has 0 aliphatic carbocycles. The molecular formula is C44H44N4O10S. The first-order valence-electron chi connectivity index (χ1n) is 18.7. The highest BCUT2D eigenvalue weighted by atomic mass is 32.2. The molecule has 0 saturated carbocycles. The van der Waals surface area contributed by atoms with Gasteiger partial charge in [0.15, 0.2) is 6.10 Å². The van der Waals surface area contributed by atoms with Gasteiger partial charge < -0.3 is 34.1 Å². The number of thioether (sulfide) groups is 1. The molecular weight excluding hydrogens is 777 g/mol. The number of fused-ring (bicyclic) bond motifs is 1. The van der Waals surface area contributed by atoms with Crippen LogP contribution in [0.15, 0.2) is 124 Å². The molecule has 4 aromatic carbocycles. The molecule has 1 amide bonds. The summed E-state index contributed by atoms with van der Waals surface area (Å²) in [4.78, 5) is 69.5. The highest BCUT2D eigenvalue weighted by Gasteiger charge is 2.42. The molecule has 59 heavy (non-hydrogen) atoms. The minimum absolute atomic E-state index is 0.0528. The summed E-state index contributed by atoms with van der Waals surface area (Å²) in [6.07, 6.45) is -1.11. The van der Waals surface area contributed by atoms with Gasteiger partial charge in [-0.15, -0.1) is 11.8 Å². The maximum atomic E-state index is 14.5. The fraction of sp³-hybridized carbons (Fsp3) is 0.273. The third kappa shape index (κ3) is 9.10. The SMILES string of the molecule is CCOC(=O)C1=C(CN(C)c2ccc(CN3C(=O)[C@H](OC(C)=O)[C@H](c4ccc(OC)cc4)Sc4ccccc43)cc2)NC(C)=C(C(=O)OC)C1c1cccc([N+](=O)[O-])c1. The standard InChI is InChI=1S/C44H44N4O10S/c1-7-57-44(52)39-34(45-26(2)37(43(51)56-6)38(39)30-11-10-12-32(23-30)48(53)54)25-46(4)31-19-15-28(16-20-31)24-47-35-13-8-9-14-36(35)59-41(40(42(47)50)58-27(3)49)29-17-21-33(55-5)22-18-29/h8-23,38,40-41,45H,7,24-25H2,1-6H3/t38?,40-,41+/m1/s1. The molecule has 0 aromatic heterocycles. The van der Waals surface area contributed by atoms with E-state index in [0.29, 0.717) is 28.4 Å². The van der Waals surface area contributed by atoms with Crippen molar-refractivity contribution >= 4 is 52.6 Å². The summed E-state index contributed by atoms with van der Waals surface area (Å²) in [5.41, 5.74) is 4.29. The average Bonchev–Trinajstić information content (AvgIpc) is 3.34. The molecule has 1 N–H and O–H groups in total. The molecule has 2 aliphatic heterocycles. The lowest BCUT2D eigenvalue weighted by Gasteiger charge is -2.33. The van der Waals surface area contributed by atoms with Crippen molar-refractivity contribution < 1.29 is 43.0 Å². The van der Waals surface area contributed by atoms with E-state index < -0.39 is 40.1 Å². The zero-order chi connectivity index (χ0) is 42.4. The van der Waals surface area contributed by atoms with Gasteiger partial charge in [0.2, 0.25) is 0 Å². The molecule has 15 heteroatoms. The zero-order valence-corrected chi connectivity index (χ0v) is 34.2. The minimum Gasteiger partial charge on any atom is -0.497 e. The first-order chi connectivity index (χ1) is 28.3. The molecule has 2 heterocycles. The van der Waals surface area contributed by atoms with E-state index in [1.807, 2.05) is 84.7 Å². The molecule has 0 saturated heterocycles. The van der Waals surface area contributed by atoms with Gasteiger partial charge in [-0.1, -0.05) is 48.5 Å². The number of anilines is 2. The minimum atomic E-state index is -1.11. The maximum absolute atomic E-state index is 14.5. The molecule has 14 nitrogen and oxygen atoms in total.